The molecule has 2 amide bonds. The second-order valence-corrected chi connectivity index (χ2v) is 14.2. The number of anilines is 2. The number of hydrogen-bond donors (Lipinski definition) is 4. The molecule has 0 saturated heterocycles. The first-order valence-electron chi connectivity index (χ1n) is 20.7. The van der Waals surface area contributed by atoms with Gasteiger partial charge in [-0.15, -0.1) is 0 Å². The van der Waals surface area contributed by atoms with Crippen LogP contribution in [0.4, 0.5) is 16.6 Å². The largest absolute Gasteiger partial charge is 0.447 e. The van der Waals surface area contributed by atoms with Crippen LogP contribution in [0.2, 0.25) is 0 Å². The summed E-state index contributed by atoms with van der Waals surface area (Å²) in [6.45, 7) is 11.4. The van der Waals surface area contributed by atoms with Gasteiger partial charge in [-0.1, -0.05) is 105 Å². The molecule has 0 unspecified atom stereocenters. The van der Waals surface area contributed by atoms with Crippen LogP contribution in [0.3, 0.4) is 0 Å². The van der Waals surface area contributed by atoms with E-state index in [9.17, 15) is 9.59 Å². The summed E-state index contributed by atoms with van der Waals surface area (Å²) in [7, 11) is 1.96. The Balaban J connectivity index is 1.26. The Kier molecular flexibility index (Phi) is 22.8. The van der Waals surface area contributed by atoms with Gasteiger partial charge < -0.3 is 35.5 Å². The van der Waals surface area contributed by atoms with Gasteiger partial charge in [0.2, 0.25) is 11.9 Å². The molecule has 310 valence electrons. The molecule has 0 aliphatic carbocycles. The van der Waals surface area contributed by atoms with Gasteiger partial charge in [0.15, 0.2) is 17.0 Å². The van der Waals surface area contributed by atoms with Crippen molar-refractivity contribution >= 4 is 34.9 Å². The number of aromatic nitrogens is 4. The van der Waals surface area contributed by atoms with Gasteiger partial charge in [0.05, 0.1) is 12.4 Å². The maximum absolute atomic E-state index is 12.5. The minimum Gasteiger partial charge on any atom is -0.447 e. The Morgan fingerprint density at radius 1 is 0.842 bits per heavy atom. The summed E-state index contributed by atoms with van der Waals surface area (Å²) >= 11 is 0. The van der Waals surface area contributed by atoms with Gasteiger partial charge in [0, 0.05) is 45.2 Å². The topological polar surface area (TPSA) is 138 Å². The van der Waals surface area contributed by atoms with E-state index >= 15 is 0 Å². The highest BCUT2D eigenvalue weighted by Gasteiger charge is 2.18. The Labute approximate surface area is 341 Å². The Hall–Kier alpha value is -5.23. The number of ether oxygens (including phenoxy) is 1. The van der Waals surface area contributed by atoms with E-state index in [1.54, 1.807) is 6.33 Å². The van der Waals surface area contributed by atoms with Crippen LogP contribution in [0.5, 0.6) is 0 Å². The first kappa shape index (κ1) is 46.2. The molecule has 0 spiro atoms. The van der Waals surface area contributed by atoms with Crippen LogP contribution >= 0.6 is 0 Å². The van der Waals surface area contributed by atoms with Crippen LogP contribution in [0.25, 0.3) is 11.2 Å². The molecule has 4 N–H and O–H groups in total. The molecule has 2 aromatic heterocycles. The summed E-state index contributed by atoms with van der Waals surface area (Å²) in [4.78, 5) is 41.0. The maximum Gasteiger partial charge on any atom is 0.407 e. The Morgan fingerprint density at radius 2 is 1.47 bits per heavy atom. The number of imidazole rings is 1. The van der Waals surface area contributed by atoms with Gasteiger partial charge in [0.25, 0.3) is 0 Å². The summed E-state index contributed by atoms with van der Waals surface area (Å²) in [6.07, 6.45) is 31.0. The van der Waals surface area contributed by atoms with Crippen molar-refractivity contribution in [2.24, 2.45) is 0 Å². The molecule has 0 bridgehead atoms. The van der Waals surface area contributed by atoms with E-state index in [2.05, 4.69) is 125 Å². The van der Waals surface area contributed by atoms with Crippen molar-refractivity contribution in [1.82, 2.24) is 35.1 Å². The summed E-state index contributed by atoms with van der Waals surface area (Å²) in [5, 5.41) is 12.6. The fraction of sp³-hybridized carbons (Fsp3) is 0.489. The third kappa shape index (κ3) is 19.5. The number of nitrogens with one attached hydrogen (secondary N) is 4. The number of nitrogens with zero attached hydrogens (tertiary/aromatic N) is 5. The molecule has 0 aliphatic heterocycles. The van der Waals surface area contributed by atoms with Crippen LogP contribution in [0.1, 0.15) is 97.1 Å². The van der Waals surface area contributed by atoms with Crippen LogP contribution in [0, 0.1) is 0 Å². The average molecular weight is 782 g/mol. The van der Waals surface area contributed by atoms with E-state index in [1.165, 1.54) is 0 Å². The van der Waals surface area contributed by atoms with E-state index in [0.717, 1.165) is 56.2 Å². The number of benzene rings is 1. The highest BCUT2D eigenvalue weighted by Crippen LogP contribution is 2.24. The fourth-order valence-corrected chi connectivity index (χ4v) is 5.62. The van der Waals surface area contributed by atoms with Crippen molar-refractivity contribution in [3.63, 3.8) is 0 Å². The van der Waals surface area contributed by atoms with E-state index in [4.69, 9.17) is 14.7 Å². The lowest BCUT2D eigenvalue weighted by molar-refractivity contribution is -0.121. The predicted octanol–water partition coefficient (Wildman–Crippen LogP) is 8.91. The van der Waals surface area contributed by atoms with E-state index in [0.29, 0.717) is 62.8 Å². The molecule has 0 radical (unpaired) electrons. The number of amides is 2. The molecule has 1 aromatic carbocycles. The van der Waals surface area contributed by atoms with Gasteiger partial charge in [0.1, 0.15) is 6.61 Å². The molecule has 12 heteroatoms. The molecule has 1 atom stereocenters. The fourth-order valence-electron chi connectivity index (χ4n) is 5.62. The zero-order valence-corrected chi connectivity index (χ0v) is 35.0. The summed E-state index contributed by atoms with van der Waals surface area (Å²) in [5.41, 5.74) is 2.56. The van der Waals surface area contributed by atoms with Gasteiger partial charge in [-0.2, -0.15) is 9.97 Å². The molecule has 0 saturated carbocycles. The molecule has 12 nitrogen and oxygen atoms in total. The van der Waals surface area contributed by atoms with Crippen molar-refractivity contribution in [2.45, 2.75) is 104 Å². The first-order valence-corrected chi connectivity index (χ1v) is 20.7. The van der Waals surface area contributed by atoms with Gasteiger partial charge in [-0.3, -0.25) is 4.79 Å². The summed E-state index contributed by atoms with van der Waals surface area (Å²) < 4.78 is 7.57. The van der Waals surface area contributed by atoms with Crippen molar-refractivity contribution < 1.29 is 14.3 Å². The second-order valence-electron chi connectivity index (χ2n) is 14.2. The maximum atomic E-state index is 12.5. The van der Waals surface area contributed by atoms with Crippen molar-refractivity contribution in [2.75, 3.05) is 50.5 Å². The zero-order chi connectivity index (χ0) is 40.9. The van der Waals surface area contributed by atoms with Gasteiger partial charge >= 0.3 is 6.09 Å². The van der Waals surface area contributed by atoms with Crippen LogP contribution in [0.15, 0.2) is 97.4 Å². The van der Waals surface area contributed by atoms with E-state index in [1.807, 2.05) is 36.7 Å². The predicted molar refractivity (Wildman–Crippen MR) is 235 cm³/mol. The molecule has 0 fully saturated rings. The average Bonchev–Trinajstić information content (AvgIpc) is 3.65. The van der Waals surface area contributed by atoms with Crippen LogP contribution in [-0.2, 0) is 16.1 Å². The smallest absolute Gasteiger partial charge is 0.407 e. The molecule has 2 heterocycles. The number of alkyl carbamates (subject to hydrolysis) is 1. The Morgan fingerprint density at radius 3 is 2.11 bits per heavy atom. The third-order valence-corrected chi connectivity index (χ3v) is 9.03. The van der Waals surface area contributed by atoms with Gasteiger partial charge in [-0.05, 0) is 77.8 Å². The lowest BCUT2D eigenvalue weighted by Gasteiger charge is -2.19. The highest BCUT2D eigenvalue weighted by atomic mass is 16.5. The quantitative estimate of drug-likeness (QED) is 0.0420. The molecule has 0 aliphatic rings. The minimum atomic E-state index is -0.482. The number of allylic oxidation sites excluding steroid dienone is 10. The standard InChI is InChI=1S/C45H67N9O3/c1-6-8-9-10-11-12-13-14-15-16-17-18-19-20-21-22-26-29-40(55)46-30-32-53(5)33-31-47-45(56)57-35-39(7-2)50-44-51-42(48-34-38-27-24-23-25-28-38)41-43(52-44)54(36-49-41)37(3)4/h8-9,11-12,14-15,17-18,20-21,23-25,27-28,36-37,39H,6-7,10,13,16,19,22,26,29-35H2,1-5H3,(H,46,55)(H,47,56)(H2,48,50,51,52)/b9-8-,12-11-,15-14-,18-17-,21-20-/t39-/m1/s1. The Bertz CT molecular complexity index is 1730. The molecule has 57 heavy (non-hydrogen) atoms. The molecule has 3 aromatic rings. The van der Waals surface area contributed by atoms with Crippen molar-refractivity contribution in [3.05, 3.63) is 103 Å². The normalized spacial score (nSPS) is 12.7. The lowest BCUT2D eigenvalue weighted by atomic mass is 10.2. The molecule has 3 rings (SSSR count). The lowest BCUT2D eigenvalue weighted by Crippen LogP contribution is -2.38. The SMILES string of the molecule is CC/C=C\C/C=C\C/C=C\C/C=C\C/C=C\CCCC(=O)NCCN(C)CCNC(=O)OC[C@@H](CC)Nc1nc(NCc2ccccc2)c2ncn(C(C)C)c2n1. The second kappa shape index (κ2) is 28.2. The summed E-state index contributed by atoms with van der Waals surface area (Å²) in [5.74, 6) is 1.14. The summed E-state index contributed by atoms with van der Waals surface area (Å²) in [6, 6.07) is 10.1. The number of unbranched alkanes of at least 4 members (excludes halogenated alkanes) is 1. The van der Waals surface area contributed by atoms with Crippen LogP contribution < -0.4 is 21.3 Å². The van der Waals surface area contributed by atoms with Gasteiger partial charge in [-0.25, -0.2) is 9.78 Å². The van der Waals surface area contributed by atoms with Crippen molar-refractivity contribution in [1.29, 1.82) is 0 Å². The molecular weight excluding hydrogens is 715 g/mol. The molecular formula is C45H67N9O3. The van der Waals surface area contributed by atoms with Crippen LogP contribution in [-0.4, -0.2) is 82.3 Å². The van der Waals surface area contributed by atoms with E-state index in [-0.39, 0.29) is 24.6 Å². The highest BCUT2D eigenvalue weighted by molar-refractivity contribution is 5.84. The first-order chi connectivity index (χ1) is 27.8. The third-order valence-electron chi connectivity index (χ3n) is 9.03. The number of likely N-dealkylation sites (N-methyl/N-ethyl adjacent to an activating group) is 1. The number of hydrogen-bond acceptors (Lipinski definition) is 9. The van der Waals surface area contributed by atoms with E-state index < -0.39 is 6.09 Å². The zero-order valence-electron chi connectivity index (χ0n) is 35.0. The number of carbonyl (C=O) groups is 2. The minimum absolute atomic E-state index is 0.0621. The number of carbonyl (C=O) groups excluding carboxylic acids is 2. The monoisotopic (exact) mass is 782 g/mol. The number of fused-ring (bicyclic) bond motifs is 1. The number of rotatable bonds is 28. The van der Waals surface area contributed by atoms with Crippen molar-refractivity contribution in [3.8, 4) is 0 Å².